The zero-order chi connectivity index (χ0) is 32.2. The van der Waals surface area contributed by atoms with E-state index in [1.54, 1.807) is 25.9 Å². The Morgan fingerprint density at radius 2 is 1.77 bits per heavy atom. The number of phenolic OH excluding ortho intramolecular Hbond substituents is 2. The Kier molecular flexibility index (Phi) is 6.89. The standard InChI is InChI=1S/C31H35NO12/c1-7-42-15-10-30(2,40)20(28(39)41-6)11-8-12-17(23(35)16(11)15)24(36)18-14(33)9-13-26(19(18)22(12)34)43-29-25(37)21(32(4)5)27(38)31(13,3)44-29/h8-9,15,20-21,25,27,29,33,35,37-38,40H,7,10H2,1-6H3. The Morgan fingerprint density at radius 3 is 2.39 bits per heavy atom. The van der Waals surface area contributed by atoms with Crippen LogP contribution in [0.15, 0.2) is 12.1 Å². The van der Waals surface area contributed by atoms with E-state index >= 15 is 0 Å². The number of carbonyl (C=O) groups is 3. The van der Waals surface area contributed by atoms with E-state index in [1.807, 2.05) is 0 Å². The smallest absolute Gasteiger partial charge is 0.316 e. The molecule has 6 rings (SSSR count). The molecule has 2 aromatic carbocycles. The third-order valence-corrected chi connectivity index (χ3v) is 9.46. The minimum absolute atomic E-state index is 0.0502. The summed E-state index contributed by atoms with van der Waals surface area (Å²) < 4.78 is 22.7. The number of ketones is 2. The summed E-state index contributed by atoms with van der Waals surface area (Å²) in [5, 5.41) is 56.5. The number of aromatic hydroxyl groups is 2. The lowest BCUT2D eigenvalue weighted by Crippen LogP contribution is -2.68. The van der Waals surface area contributed by atoms with Crippen LogP contribution in [-0.2, 0) is 24.6 Å². The molecule has 0 aromatic heterocycles. The van der Waals surface area contributed by atoms with E-state index in [1.165, 1.54) is 26.0 Å². The molecule has 2 heterocycles. The number of fused-ring (bicyclic) bond motifs is 8. The van der Waals surface area contributed by atoms with Gasteiger partial charge in [-0.25, -0.2) is 0 Å². The molecule has 8 atom stereocenters. The van der Waals surface area contributed by atoms with Crippen molar-refractivity contribution in [1.82, 2.24) is 4.90 Å². The minimum Gasteiger partial charge on any atom is -0.507 e. The van der Waals surface area contributed by atoms with Crippen LogP contribution in [0.3, 0.4) is 0 Å². The molecule has 1 fully saturated rings. The molecule has 44 heavy (non-hydrogen) atoms. The molecule has 13 heteroatoms. The third-order valence-electron chi connectivity index (χ3n) is 9.46. The van der Waals surface area contributed by atoms with Gasteiger partial charge in [0.15, 0.2) is 5.78 Å². The summed E-state index contributed by atoms with van der Waals surface area (Å²) in [4.78, 5) is 43.0. The maximum Gasteiger partial charge on any atom is 0.316 e. The number of rotatable bonds is 4. The van der Waals surface area contributed by atoms with Crippen molar-refractivity contribution in [2.75, 3.05) is 27.8 Å². The predicted octanol–water partition coefficient (Wildman–Crippen LogP) is 0.978. The second kappa shape index (κ2) is 9.96. The van der Waals surface area contributed by atoms with Crippen LogP contribution in [0, 0.1) is 0 Å². The average Bonchev–Trinajstić information content (AvgIpc) is 2.94. The normalized spacial score (nSPS) is 33.6. The molecule has 0 saturated carbocycles. The van der Waals surface area contributed by atoms with Gasteiger partial charge in [-0.2, -0.15) is 0 Å². The number of methoxy groups -OCH3 is 1. The zero-order valence-electron chi connectivity index (χ0n) is 25.1. The summed E-state index contributed by atoms with van der Waals surface area (Å²) in [6.45, 7) is 4.83. The van der Waals surface area contributed by atoms with Crippen LogP contribution in [0.2, 0.25) is 0 Å². The number of aliphatic hydroxyl groups is 3. The summed E-state index contributed by atoms with van der Waals surface area (Å²) in [5.74, 6) is -5.29. The van der Waals surface area contributed by atoms with Crippen LogP contribution >= 0.6 is 0 Å². The van der Waals surface area contributed by atoms with Gasteiger partial charge in [0.1, 0.15) is 41.0 Å². The van der Waals surface area contributed by atoms with E-state index < -0.39 is 87.9 Å². The first-order valence-electron chi connectivity index (χ1n) is 14.3. The van der Waals surface area contributed by atoms with Gasteiger partial charge < -0.3 is 49.4 Å². The first-order chi connectivity index (χ1) is 20.6. The lowest BCUT2D eigenvalue weighted by Gasteiger charge is -2.53. The first kappa shape index (κ1) is 30.4. The van der Waals surface area contributed by atoms with Crippen LogP contribution < -0.4 is 4.74 Å². The molecule has 5 N–H and O–H groups in total. The van der Waals surface area contributed by atoms with E-state index in [0.717, 1.165) is 7.11 Å². The highest BCUT2D eigenvalue weighted by molar-refractivity contribution is 6.31. The number of esters is 1. The number of nitrogens with zero attached hydrogens (tertiary/aromatic N) is 1. The Hall–Kier alpha value is -3.59. The topological polar surface area (TPSA) is 193 Å². The molecule has 236 valence electrons. The Labute approximate surface area is 252 Å². The van der Waals surface area contributed by atoms with Crippen molar-refractivity contribution in [2.45, 2.75) is 75.0 Å². The lowest BCUT2D eigenvalue weighted by molar-refractivity contribution is -0.311. The van der Waals surface area contributed by atoms with Crippen LogP contribution in [0.4, 0.5) is 0 Å². The van der Waals surface area contributed by atoms with Gasteiger partial charge in [0.05, 0.1) is 41.5 Å². The number of hydrogen-bond donors (Lipinski definition) is 5. The number of carbonyl (C=O) groups excluding carboxylic acids is 3. The first-order valence-corrected chi connectivity index (χ1v) is 14.3. The van der Waals surface area contributed by atoms with E-state index in [0.29, 0.717) is 0 Å². The number of aliphatic hydroxyl groups excluding tert-OH is 2. The molecule has 1 saturated heterocycles. The minimum atomic E-state index is -1.71. The Bertz CT molecular complexity index is 1620. The maximum absolute atomic E-state index is 14.4. The summed E-state index contributed by atoms with van der Waals surface area (Å²) in [6.07, 6.45) is -5.11. The van der Waals surface area contributed by atoms with Gasteiger partial charge in [-0.05, 0) is 52.6 Å². The van der Waals surface area contributed by atoms with Crippen LogP contribution in [0.5, 0.6) is 17.2 Å². The number of hydrogen-bond acceptors (Lipinski definition) is 13. The van der Waals surface area contributed by atoms with Crippen molar-refractivity contribution >= 4 is 17.5 Å². The van der Waals surface area contributed by atoms with Gasteiger partial charge in [0, 0.05) is 29.7 Å². The fourth-order valence-corrected chi connectivity index (χ4v) is 7.39. The fourth-order valence-electron chi connectivity index (χ4n) is 7.39. The van der Waals surface area contributed by atoms with Gasteiger partial charge in [0.25, 0.3) is 0 Å². The zero-order valence-corrected chi connectivity index (χ0v) is 25.1. The molecule has 2 bridgehead atoms. The molecule has 0 radical (unpaired) electrons. The number of benzene rings is 2. The highest BCUT2D eigenvalue weighted by atomic mass is 16.7. The lowest BCUT2D eigenvalue weighted by atomic mass is 9.68. The molecule has 2 aromatic rings. The highest BCUT2D eigenvalue weighted by Crippen LogP contribution is 2.56. The van der Waals surface area contributed by atoms with Gasteiger partial charge >= 0.3 is 5.97 Å². The number of likely N-dealkylation sites (N-methyl/N-ethyl adjacent to an activating group) is 1. The molecule has 13 nitrogen and oxygen atoms in total. The summed E-state index contributed by atoms with van der Waals surface area (Å²) in [6, 6.07) is 1.60. The third kappa shape index (κ3) is 3.90. The molecular weight excluding hydrogens is 578 g/mol. The maximum atomic E-state index is 14.4. The van der Waals surface area contributed by atoms with Gasteiger partial charge in [-0.1, -0.05) is 0 Å². The van der Waals surface area contributed by atoms with Crippen molar-refractivity contribution in [3.8, 4) is 17.2 Å². The number of phenols is 2. The molecular formula is C31H35NO12. The highest BCUT2D eigenvalue weighted by Gasteiger charge is 2.59. The van der Waals surface area contributed by atoms with Gasteiger partial charge in [-0.15, -0.1) is 0 Å². The largest absolute Gasteiger partial charge is 0.507 e. The summed E-state index contributed by atoms with van der Waals surface area (Å²) >= 11 is 0. The van der Waals surface area contributed by atoms with E-state index in [2.05, 4.69) is 0 Å². The Morgan fingerprint density at radius 1 is 1.09 bits per heavy atom. The van der Waals surface area contributed by atoms with Crippen LogP contribution in [0.25, 0.3) is 0 Å². The van der Waals surface area contributed by atoms with Crippen LogP contribution in [0.1, 0.15) is 87.7 Å². The molecule has 0 amide bonds. The second-order valence-corrected chi connectivity index (χ2v) is 12.4. The van der Waals surface area contributed by atoms with Crippen LogP contribution in [-0.4, -0.2) is 106 Å². The van der Waals surface area contributed by atoms with Gasteiger partial charge in [0.2, 0.25) is 12.1 Å². The molecule has 2 aliphatic carbocycles. The summed E-state index contributed by atoms with van der Waals surface area (Å²) in [5.41, 5.74) is -4.58. The predicted molar refractivity (Wildman–Crippen MR) is 150 cm³/mol. The molecule has 0 spiro atoms. The fraction of sp³-hybridized carbons (Fsp3) is 0.516. The second-order valence-electron chi connectivity index (χ2n) is 12.4. The van der Waals surface area contributed by atoms with Crippen molar-refractivity contribution < 1.29 is 58.9 Å². The average molecular weight is 614 g/mol. The molecule has 4 aliphatic rings. The summed E-state index contributed by atoms with van der Waals surface area (Å²) in [7, 11) is 4.47. The Balaban J connectivity index is 1.60. The van der Waals surface area contributed by atoms with Crippen molar-refractivity contribution in [3.05, 3.63) is 51.1 Å². The van der Waals surface area contributed by atoms with Crippen molar-refractivity contribution in [1.29, 1.82) is 0 Å². The molecule has 8 unspecified atom stereocenters. The quantitative estimate of drug-likeness (QED) is 0.262. The SMILES string of the molecule is CCOC1CC(C)(O)C(C(=O)OC)c2cc3c(c(O)c21)C(=O)c1c(O)cc2c(c1C3=O)OC1OC2(C)C(O)C(N(C)C)C1O. The number of ether oxygens (including phenoxy) is 4. The monoisotopic (exact) mass is 613 g/mol. The van der Waals surface area contributed by atoms with Crippen molar-refractivity contribution in [3.63, 3.8) is 0 Å². The molecule has 2 aliphatic heterocycles. The van der Waals surface area contributed by atoms with Crippen molar-refractivity contribution in [2.24, 2.45) is 0 Å². The van der Waals surface area contributed by atoms with E-state index in [-0.39, 0.29) is 46.6 Å². The van der Waals surface area contributed by atoms with Gasteiger partial charge in [-0.3, -0.25) is 14.4 Å². The van der Waals surface area contributed by atoms with E-state index in [4.69, 9.17) is 18.9 Å². The van der Waals surface area contributed by atoms with E-state index in [9.17, 15) is 39.9 Å².